The van der Waals surface area contributed by atoms with Crippen molar-refractivity contribution in [1.29, 1.82) is 0 Å². The summed E-state index contributed by atoms with van der Waals surface area (Å²) >= 11 is 0. The summed E-state index contributed by atoms with van der Waals surface area (Å²) in [7, 11) is 1.57. The Balaban J connectivity index is 1.35. The van der Waals surface area contributed by atoms with E-state index in [9.17, 15) is 14.7 Å². The van der Waals surface area contributed by atoms with Crippen molar-refractivity contribution in [3.63, 3.8) is 0 Å². The van der Waals surface area contributed by atoms with Gasteiger partial charge in [-0.25, -0.2) is 0 Å². The number of methoxy groups -OCH3 is 1. The van der Waals surface area contributed by atoms with Crippen molar-refractivity contribution < 1.29 is 33.6 Å². The van der Waals surface area contributed by atoms with E-state index in [-0.39, 0.29) is 29.9 Å². The van der Waals surface area contributed by atoms with Gasteiger partial charge in [0.15, 0.2) is 18.1 Å². The zero-order chi connectivity index (χ0) is 29.8. The largest absolute Gasteiger partial charge is 0.507 e. The van der Waals surface area contributed by atoms with Gasteiger partial charge >= 0.3 is 0 Å². The van der Waals surface area contributed by atoms with Gasteiger partial charge in [0.2, 0.25) is 0 Å². The minimum Gasteiger partial charge on any atom is -0.507 e. The molecule has 1 atom stereocenters. The van der Waals surface area contributed by atoms with Gasteiger partial charge in [0.1, 0.15) is 23.0 Å². The number of carbonyl (C=O) groups is 2. The van der Waals surface area contributed by atoms with Crippen molar-refractivity contribution in [2.45, 2.75) is 18.9 Å². The summed E-state index contributed by atoms with van der Waals surface area (Å²) in [6.45, 7) is 1.07. The van der Waals surface area contributed by atoms with Crippen molar-refractivity contribution in [2.24, 2.45) is 0 Å². The van der Waals surface area contributed by atoms with Crippen LogP contribution in [0.15, 0.2) is 84.9 Å². The Labute approximate surface area is 249 Å². The topological polar surface area (TPSA) is 107 Å². The molecule has 0 aromatic heterocycles. The molecular formula is C34H32N2O7. The number of amides is 2. The molecule has 0 saturated carbocycles. The van der Waals surface area contributed by atoms with E-state index in [0.29, 0.717) is 61.3 Å². The number of benzene rings is 4. The molecule has 2 N–H and O–H groups in total. The molecule has 0 radical (unpaired) electrons. The van der Waals surface area contributed by atoms with Crippen LogP contribution in [0.2, 0.25) is 0 Å². The number of hydrogen-bond acceptors (Lipinski definition) is 7. The van der Waals surface area contributed by atoms with Crippen LogP contribution in [0.4, 0.5) is 0 Å². The number of carbonyl (C=O) groups excluding carboxylic acids is 2. The summed E-state index contributed by atoms with van der Waals surface area (Å²) in [4.78, 5) is 28.3. The van der Waals surface area contributed by atoms with Crippen molar-refractivity contribution in [2.75, 3.05) is 33.4 Å². The van der Waals surface area contributed by atoms with Gasteiger partial charge in [-0.05, 0) is 84.1 Å². The molecule has 0 spiro atoms. The van der Waals surface area contributed by atoms with Gasteiger partial charge in [0, 0.05) is 13.1 Å². The van der Waals surface area contributed by atoms with Gasteiger partial charge in [-0.3, -0.25) is 9.59 Å². The third kappa shape index (κ3) is 6.06. The van der Waals surface area contributed by atoms with E-state index in [1.807, 2.05) is 59.5 Å². The molecule has 9 heteroatoms. The van der Waals surface area contributed by atoms with E-state index in [1.165, 1.54) is 12.1 Å². The first kappa shape index (κ1) is 28.0. The van der Waals surface area contributed by atoms with Gasteiger partial charge < -0.3 is 34.3 Å². The molecule has 0 fully saturated rings. The highest BCUT2D eigenvalue weighted by Gasteiger charge is 2.33. The van der Waals surface area contributed by atoms with Crippen LogP contribution in [0.3, 0.4) is 0 Å². The number of phenols is 1. The fourth-order valence-corrected chi connectivity index (χ4v) is 5.49. The Morgan fingerprint density at radius 1 is 0.977 bits per heavy atom. The van der Waals surface area contributed by atoms with E-state index in [2.05, 4.69) is 5.32 Å². The molecule has 3 aliphatic rings. The SMILES string of the molecule is COc1ccccc1OCC(=O)N1CCc2cc3ccc2C1c1cccc(c1)OCCCNC(=O)c1cc(ccc1O)O3. The van der Waals surface area contributed by atoms with Crippen LogP contribution in [0.25, 0.3) is 0 Å². The maximum atomic E-state index is 13.7. The minimum absolute atomic E-state index is 0.125. The molecule has 4 aromatic rings. The summed E-state index contributed by atoms with van der Waals surface area (Å²) in [5, 5.41) is 13.1. The van der Waals surface area contributed by atoms with Crippen molar-refractivity contribution in [3.8, 4) is 34.5 Å². The molecule has 220 valence electrons. The van der Waals surface area contributed by atoms with Gasteiger partial charge in [0.05, 0.1) is 25.3 Å². The fraction of sp³-hybridized carbons (Fsp3) is 0.235. The summed E-state index contributed by atoms with van der Waals surface area (Å²) in [6.07, 6.45) is 1.18. The predicted octanol–water partition coefficient (Wildman–Crippen LogP) is 5.26. The van der Waals surface area contributed by atoms with Crippen molar-refractivity contribution in [3.05, 3.63) is 107 Å². The first-order chi connectivity index (χ1) is 21.0. The van der Waals surface area contributed by atoms with Crippen LogP contribution in [-0.4, -0.2) is 55.2 Å². The number of para-hydroxylation sites is 2. The number of fused-ring (bicyclic) bond motifs is 6. The molecule has 0 aliphatic carbocycles. The third-order valence-corrected chi connectivity index (χ3v) is 7.58. The lowest BCUT2D eigenvalue weighted by Gasteiger charge is -2.38. The molecule has 4 aromatic carbocycles. The molecule has 3 aliphatic heterocycles. The predicted molar refractivity (Wildman–Crippen MR) is 159 cm³/mol. The van der Waals surface area contributed by atoms with Gasteiger partial charge in [-0.2, -0.15) is 0 Å². The summed E-state index contributed by atoms with van der Waals surface area (Å²) < 4.78 is 23.4. The minimum atomic E-state index is -0.390. The highest BCUT2D eigenvalue weighted by Crippen LogP contribution is 2.39. The molecule has 9 nitrogen and oxygen atoms in total. The second-order valence-corrected chi connectivity index (χ2v) is 10.4. The molecule has 8 bridgehead atoms. The van der Waals surface area contributed by atoms with Crippen LogP contribution in [0.5, 0.6) is 34.5 Å². The highest BCUT2D eigenvalue weighted by atomic mass is 16.5. The molecule has 3 heterocycles. The van der Waals surface area contributed by atoms with E-state index in [4.69, 9.17) is 18.9 Å². The lowest BCUT2D eigenvalue weighted by atomic mass is 9.87. The number of nitrogens with zero attached hydrogens (tertiary/aromatic N) is 1. The number of rotatable bonds is 4. The van der Waals surface area contributed by atoms with Crippen LogP contribution in [-0.2, 0) is 11.2 Å². The number of ether oxygens (including phenoxy) is 4. The molecule has 7 rings (SSSR count). The summed E-state index contributed by atoms with van der Waals surface area (Å²) in [5.41, 5.74) is 3.07. The van der Waals surface area contributed by atoms with E-state index >= 15 is 0 Å². The van der Waals surface area contributed by atoms with Gasteiger partial charge in [-0.15, -0.1) is 0 Å². The zero-order valence-electron chi connectivity index (χ0n) is 23.7. The number of aromatic hydroxyl groups is 1. The molecule has 0 saturated heterocycles. The average molecular weight is 581 g/mol. The van der Waals surface area contributed by atoms with E-state index in [1.54, 1.807) is 25.3 Å². The second-order valence-electron chi connectivity index (χ2n) is 10.4. The first-order valence-corrected chi connectivity index (χ1v) is 14.2. The lowest BCUT2D eigenvalue weighted by molar-refractivity contribution is -0.135. The standard InChI is InChI=1S/C34H32N2O7/c1-40-30-8-2-3-9-31(30)42-21-32(38)36-16-14-22-18-25-10-12-27(22)33(36)23-6-4-7-24(19-23)41-17-5-15-35-34(39)28-20-26(43-25)11-13-29(28)37/h2-4,6-13,18-20,33,37H,5,14-17,21H2,1H3,(H,35,39). The maximum Gasteiger partial charge on any atom is 0.261 e. The van der Waals surface area contributed by atoms with Crippen LogP contribution in [0, 0.1) is 0 Å². The number of nitrogens with one attached hydrogen (secondary N) is 1. The van der Waals surface area contributed by atoms with Crippen LogP contribution < -0.4 is 24.3 Å². The number of hydrogen-bond donors (Lipinski definition) is 2. The van der Waals surface area contributed by atoms with E-state index in [0.717, 1.165) is 16.7 Å². The summed E-state index contributed by atoms with van der Waals surface area (Å²) in [5.74, 6) is 2.09. The maximum absolute atomic E-state index is 13.7. The third-order valence-electron chi connectivity index (χ3n) is 7.58. The van der Waals surface area contributed by atoms with Crippen LogP contribution in [0.1, 0.15) is 39.5 Å². The lowest BCUT2D eigenvalue weighted by Crippen LogP contribution is -2.43. The first-order valence-electron chi connectivity index (χ1n) is 14.2. The summed E-state index contributed by atoms with van der Waals surface area (Å²) in [6, 6.07) is 25.0. The zero-order valence-corrected chi connectivity index (χ0v) is 23.7. The second kappa shape index (κ2) is 12.4. The Bertz CT molecular complexity index is 1650. The van der Waals surface area contributed by atoms with Crippen molar-refractivity contribution in [1.82, 2.24) is 10.2 Å². The Kier molecular flexibility index (Phi) is 8.04. The van der Waals surface area contributed by atoms with Crippen LogP contribution >= 0.6 is 0 Å². The molecule has 2 amide bonds. The quantitative estimate of drug-likeness (QED) is 0.339. The Hall–Kier alpha value is -5.18. The Morgan fingerprint density at radius 3 is 2.65 bits per heavy atom. The van der Waals surface area contributed by atoms with Gasteiger partial charge in [0.25, 0.3) is 11.8 Å². The fourth-order valence-electron chi connectivity index (χ4n) is 5.49. The van der Waals surface area contributed by atoms with Crippen molar-refractivity contribution >= 4 is 11.8 Å². The Morgan fingerprint density at radius 2 is 1.79 bits per heavy atom. The molecular weight excluding hydrogens is 548 g/mol. The highest BCUT2D eigenvalue weighted by molar-refractivity contribution is 5.97. The normalized spacial score (nSPS) is 16.2. The average Bonchev–Trinajstić information content (AvgIpc) is 3.03. The molecule has 43 heavy (non-hydrogen) atoms. The number of phenolic OH excluding ortho intramolecular Hbond substituents is 1. The van der Waals surface area contributed by atoms with E-state index < -0.39 is 5.91 Å². The van der Waals surface area contributed by atoms with Gasteiger partial charge in [-0.1, -0.05) is 30.3 Å². The molecule has 1 unspecified atom stereocenters. The smallest absolute Gasteiger partial charge is 0.261 e. The monoisotopic (exact) mass is 580 g/mol.